The first-order chi connectivity index (χ1) is 11.8. The van der Waals surface area contributed by atoms with Crippen LogP contribution in [-0.2, 0) is 13.0 Å². The number of ether oxygens (including phenoxy) is 1. The van der Waals surface area contributed by atoms with Crippen LogP contribution >= 0.6 is 0 Å². The van der Waals surface area contributed by atoms with Gasteiger partial charge in [0.25, 0.3) is 5.91 Å². The molecular weight excluding hydrogens is 306 g/mol. The maximum atomic E-state index is 12.3. The number of benzene rings is 1. The molecule has 3 heterocycles. The standard InChI is InChI=1S/C17H15N5O2/c23-16(14-11-20-22-8-4-7-15(14)22)21-17-18-9-13(10-19-17)24-12-5-2-1-3-6-12/h1-3,5-6,9-11H,4,7-8H2,(H,18,19,21,23). The van der Waals surface area contributed by atoms with Crippen LogP contribution in [0.1, 0.15) is 22.5 Å². The number of rotatable bonds is 4. The molecular formula is C17H15N5O2. The van der Waals surface area contributed by atoms with Crippen LogP contribution in [0.25, 0.3) is 0 Å². The normalized spacial score (nSPS) is 12.7. The van der Waals surface area contributed by atoms with Crippen molar-refractivity contribution in [1.82, 2.24) is 19.7 Å². The minimum Gasteiger partial charge on any atom is -0.454 e. The van der Waals surface area contributed by atoms with Gasteiger partial charge in [0.2, 0.25) is 5.95 Å². The highest BCUT2D eigenvalue weighted by Gasteiger charge is 2.21. The second-order valence-corrected chi connectivity index (χ2v) is 5.44. The maximum absolute atomic E-state index is 12.3. The Morgan fingerprint density at radius 2 is 1.88 bits per heavy atom. The molecule has 2 aromatic heterocycles. The molecule has 3 aromatic rings. The molecule has 1 amide bonds. The van der Waals surface area contributed by atoms with Crippen LogP contribution in [0, 0.1) is 0 Å². The van der Waals surface area contributed by atoms with Gasteiger partial charge < -0.3 is 4.74 Å². The van der Waals surface area contributed by atoms with E-state index in [-0.39, 0.29) is 11.9 Å². The number of fused-ring (bicyclic) bond motifs is 1. The second-order valence-electron chi connectivity index (χ2n) is 5.44. The molecule has 1 aromatic carbocycles. The van der Waals surface area contributed by atoms with Gasteiger partial charge in [0.1, 0.15) is 5.75 Å². The Kier molecular flexibility index (Phi) is 3.66. The number of para-hydroxylation sites is 1. The summed E-state index contributed by atoms with van der Waals surface area (Å²) < 4.78 is 7.49. The third-order valence-electron chi connectivity index (χ3n) is 3.81. The van der Waals surface area contributed by atoms with Gasteiger partial charge in [0.15, 0.2) is 5.75 Å². The molecule has 0 unspecified atom stereocenters. The molecule has 24 heavy (non-hydrogen) atoms. The number of hydrogen-bond acceptors (Lipinski definition) is 5. The van der Waals surface area contributed by atoms with Crippen molar-refractivity contribution in [2.75, 3.05) is 5.32 Å². The Bertz CT molecular complexity index is 858. The molecule has 1 N–H and O–H groups in total. The summed E-state index contributed by atoms with van der Waals surface area (Å²) in [6.45, 7) is 0.866. The predicted molar refractivity (Wildman–Crippen MR) is 87.0 cm³/mol. The number of anilines is 1. The van der Waals surface area contributed by atoms with E-state index in [1.54, 1.807) is 6.20 Å². The molecule has 7 heteroatoms. The van der Waals surface area contributed by atoms with Crippen molar-refractivity contribution in [3.63, 3.8) is 0 Å². The van der Waals surface area contributed by atoms with E-state index < -0.39 is 0 Å². The molecule has 0 fully saturated rings. The summed E-state index contributed by atoms with van der Waals surface area (Å²) in [4.78, 5) is 20.6. The average Bonchev–Trinajstić information content (AvgIpc) is 3.21. The number of amides is 1. The first-order valence-corrected chi connectivity index (χ1v) is 7.70. The molecule has 0 saturated heterocycles. The maximum Gasteiger partial charge on any atom is 0.261 e. The fourth-order valence-electron chi connectivity index (χ4n) is 2.68. The van der Waals surface area contributed by atoms with E-state index in [1.807, 2.05) is 35.0 Å². The minimum absolute atomic E-state index is 0.235. The Hall–Kier alpha value is -3.22. The van der Waals surface area contributed by atoms with Crippen molar-refractivity contribution in [3.8, 4) is 11.5 Å². The molecule has 0 radical (unpaired) electrons. The third kappa shape index (κ3) is 2.83. The van der Waals surface area contributed by atoms with Crippen LogP contribution < -0.4 is 10.1 Å². The van der Waals surface area contributed by atoms with Gasteiger partial charge in [-0.1, -0.05) is 18.2 Å². The zero-order chi connectivity index (χ0) is 16.4. The zero-order valence-corrected chi connectivity index (χ0v) is 12.8. The second kappa shape index (κ2) is 6.11. The average molecular weight is 321 g/mol. The number of aromatic nitrogens is 4. The molecule has 120 valence electrons. The van der Waals surface area contributed by atoms with Gasteiger partial charge in [-0.3, -0.25) is 14.8 Å². The van der Waals surface area contributed by atoms with Gasteiger partial charge >= 0.3 is 0 Å². The smallest absolute Gasteiger partial charge is 0.261 e. The Morgan fingerprint density at radius 1 is 1.08 bits per heavy atom. The minimum atomic E-state index is -0.241. The summed E-state index contributed by atoms with van der Waals surface area (Å²) >= 11 is 0. The molecule has 7 nitrogen and oxygen atoms in total. The summed E-state index contributed by atoms with van der Waals surface area (Å²) in [6.07, 6.45) is 6.53. The predicted octanol–water partition coefficient (Wildman–Crippen LogP) is 2.66. The lowest BCUT2D eigenvalue weighted by atomic mass is 10.2. The van der Waals surface area contributed by atoms with E-state index in [1.165, 1.54) is 12.4 Å². The van der Waals surface area contributed by atoms with E-state index in [9.17, 15) is 4.79 Å². The third-order valence-corrected chi connectivity index (χ3v) is 3.81. The number of nitrogens with zero attached hydrogens (tertiary/aromatic N) is 4. The molecule has 0 spiro atoms. The van der Waals surface area contributed by atoms with Crippen molar-refractivity contribution < 1.29 is 9.53 Å². The molecule has 1 aliphatic rings. The molecule has 0 bridgehead atoms. The van der Waals surface area contributed by atoms with Gasteiger partial charge in [-0.25, -0.2) is 9.97 Å². The van der Waals surface area contributed by atoms with E-state index in [2.05, 4.69) is 20.4 Å². The van der Waals surface area contributed by atoms with Gasteiger partial charge in [-0.2, -0.15) is 5.10 Å². The van der Waals surface area contributed by atoms with Crippen LogP contribution in [0.2, 0.25) is 0 Å². The highest BCUT2D eigenvalue weighted by Crippen LogP contribution is 2.21. The van der Waals surface area contributed by atoms with Crippen molar-refractivity contribution in [2.45, 2.75) is 19.4 Å². The van der Waals surface area contributed by atoms with Crippen LogP contribution in [-0.4, -0.2) is 25.7 Å². The number of carbonyl (C=O) groups excluding carboxylic acids is 1. The first-order valence-electron chi connectivity index (χ1n) is 7.70. The summed E-state index contributed by atoms with van der Waals surface area (Å²) in [7, 11) is 0. The molecule has 0 saturated carbocycles. The highest BCUT2D eigenvalue weighted by molar-refractivity contribution is 6.04. The number of carbonyl (C=O) groups is 1. The number of hydrogen-bond donors (Lipinski definition) is 1. The molecule has 0 aliphatic carbocycles. The summed E-state index contributed by atoms with van der Waals surface area (Å²) in [5.41, 5.74) is 1.55. The van der Waals surface area contributed by atoms with Crippen LogP contribution in [0.5, 0.6) is 11.5 Å². The highest BCUT2D eigenvalue weighted by atomic mass is 16.5. The lowest BCUT2D eigenvalue weighted by molar-refractivity contribution is 0.102. The quantitative estimate of drug-likeness (QED) is 0.799. The summed E-state index contributed by atoms with van der Waals surface area (Å²) in [5, 5.41) is 6.91. The van der Waals surface area contributed by atoms with E-state index in [0.717, 1.165) is 25.1 Å². The van der Waals surface area contributed by atoms with E-state index in [4.69, 9.17) is 4.74 Å². The Labute approximate surface area is 138 Å². The molecule has 1 aliphatic heterocycles. The van der Waals surface area contributed by atoms with Crippen molar-refractivity contribution >= 4 is 11.9 Å². The van der Waals surface area contributed by atoms with Crippen molar-refractivity contribution in [3.05, 3.63) is 60.2 Å². The Balaban J connectivity index is 1.44. The van der Waals surface area contributed by atoms with Crippen molar-refractivity contribution in [1.29, 1.82) is 0 Å². The molecule has 0 atom stereocenters. The van der Waals surface area contributed by atoms with Gasteiger partial charge in [0, 0.05) is 6.54 Å². The van der Waals surface area contributed by atoms with E-state index >= 15 is 0 Å². The van der Waals surface area contributed by atoms with Crippen LogP contribution in [0.3, 0.4) is 0 Å². The van der Waals surface area contributed by atoms with Crippen LogP contribution in [0.4, 0.5) is 5.95 Å². The first kappa shape index (κ1) is 14.4. The van der Waals surface area contributed by atoms with E-state index in [0.29, 0.717) is 17.1 Å². The monoisotopic (exact) mass is 321 g/mol. The molecule has 4 rings (SSSR count). The number of nitrogens with one attached hydrogen (secondary N) is 1. The van der Waals surface area contributed by atoms with Crippen molar-refractivity contribution in [2.24, 2.45) is 0 Å². The fourth-order valence-corrected chi connectivity index (χ4v) is 2.68. The largest absolute Gasteiger partial charge is 0.454 e. The zero-order valence-electron chi connectivity index (χ0n) is 12.8. The van der Waals surface area contributed by atoms with Crippen LogP contribution in [0.15, 0.2) is 48.9 Å². The van der Waals surface area contributed by atoms with Gasteiger partial charge in [-0.05, 0) is 25.0 Å². The topological polar surface area (TPSA) is 81.9 Å². The van der Waals surface area contributed by atoms with Gasteiger partial charge in [-0.15, -0.1) is 0 Å². The lowest BCUT2D eigenvalue weighted by Gasteiger charge is -2.06. The fraction of sp³-hybridized carbons (Fsp3) is 0.176. The summed E-state index contributed by atoms with van der Waals surface area (Å²) in [6, 6.07) is 9.37. The Morgan fingerprint density at radius 3 is 2.67 bits per heavy atom. The summed E-state index contributed by atoms with van der Waals surface area (Å²) in [5.74, 6) is 1.20. The lowest BCUT2D eigenvalue weighted by Crippen LogP contribution is -2.15. The number of aryl methyl sites for hydroxylation is 1. The van der Waals surface area contributed by atoms with Gasteiger partial charge in [0.05, 0.1) is 29.8 Å². The SMILES string of the molecule is O=C(Nc1ncc(Oc2ccccc2)cn1)c1cnn2c1CCC2.